The minimum Gasteiger partial charge on any atom is -0.487 e. The van der Waals surface area contributed by atoms with Crippen LogP contribution < -0.4 is 10.1 Å². The van der Waals surface area contributed by atoms with Gasteiger partial charge in [0, 0.05) is 6.54 Å². The van der Waals surface area contributed by atoms with E-state index in [1.165, 1.54) is 4.90 Å². The van der Waals surface area contributed by atoms with E-state index in [4.69, 9.17) is 4.74 Å². The van der Waals surface area contributed by atoms with E-state index in [2.05, 4.69) is 10.4 Å². The summed E-state index contributed by atoms with van der Waals surface area (Å²) in [5.74, 6) is -2.60. The fraction of sp³-hybridized carbons (Fsp3) is 0.444. The summed E-state index contributed by atoms with van der Waals surface area (Å²) in [6.45, 7) is 0.969. The fourth-order valence-corrected chi connectivity index (χ4v) is 3.51. The van der Waals surface area contributed by atoms with Gasteiger partial charge in [-0.2, -0.15) is 5.10 Å². The van der Waals surface area contributed by atoms with Crippen LogP contribution in [-0.2, 0) is 13.2 Å². The topological polar surface area (TPSA) is 59.4 Å². The van der Waals surface area contributed by atoms with Gasteiger partial charge in [0.1, 0.15) is 23.7 Å². The van der Waals surface area contributed by atoms with Crippen molar-refractivity contribution in [1.29, 1.82) is 0 Å². The molecule has 0 bridgehead atoms. The van der Waals surface area contributed by atoms with Crippen LogP contribution in [0.1, 0.15) is 22.6 Å². The van der Waals surface area contributed by atoms with Crippen molar-refractivity contribution < 1.29 is 18.3 Å². The number of piperidine rings is 1. The first-order valence-corrected chi connectivity index (χ1v) is 8.69. The number of hydrogen-bond acceptors (Lipinski definition) is 4. The van der Waals surface area contributed by atoms with Crippen LogP contribution >= 0.6 is 0 Å². The Hall–Kier alpha value is -2.48. The zero-order valence-corrected chi connectivity index (χ0v) is 14.2. The number of rotatable bonds is 4. The highest BCUT2D eigenvalue weighted by Crippen LogP contribution is 2.30. The quantitative estimate of drug-likeness (QED) is 0.903. The number of nitrogens with one attached hydrogen (secondary N) is 1. The Kier molecular flexibility index (Phi) is 4.36. The van der Waals surface area contributed by atoms with Crippen molar-refractivity contribution >= 4 is 5.91 Å². The molecule has 1 fully saturated rings. The Morgan fingerprint density at radius 1 is 1.27 bits per heavy atom. The van der Waals surface area contributed by atoms with E-state index in [0.29, 0.717) is 30.2 Å². The molecule has 8 heteroatoms. The predicted octanol–water partition coefficient (Wildman–Crippen LogP) is 1.92. The lowest BCUT2D eigenvalue weighted by atomic mass is 9.99. The number of benzene rings is 1. The number of para-hydroxylation sites is 1. The maximum Gasteiger partial charge on any atom is 0.280 e. The van der Waals surface area contributed by atoms with Gasteiger partial charge >= 0.3 is 0 Å². The standard InChI is InChI=1S/C18H20F2N4O2/c19-18(20)12-21-7-6-16(18)23-8-9-24-15(17(23)25)10-13(22-24)11-26-14-4-2-1-3-5-14/h1-5,10,16,21H,6-9,11-12H2. The van der Waals surface area contributed by atoms with Crippen molar-refractivity contribution in [1.82, 2.24) is 20.0 Å². The molecule has 1 aromatic carbocycles. The lowest BCUT2D eigenvalue weighted by Gasteiger charge is -2.41. The first-order valence-electron chi connectivity index (χ1n) is 8.69. The minimum atomic E-state index is -2.92. The molecule has 138 valence electrons. The highest BCUT2D eigenvalue weighted by molar-refractivity contribution is 5.93. The molecule has 6 nitrogen and oxygen atoms in total. The Morgan fingerprint density at radius 2 is 2.08 bits per heavy atom. The molecule has 1 saturated heterocycles. The molecule has 0 radical (unpaired) electrons. The van der Waals surface area contributed by atoms with Gasteiger partial charge in [0.25, 0.3) is 11.8 Å². The van der Waals surface area contributed by atoms with Crippen molar-refractivity contribution in [3.05, 3.63) is 47.8 Å². The van der Waals surface area contributed by atoms with Gasteiger partial charge in [-0.3, -0.25) is 9.48 Å². The van der Waals surface area contributed by atoms with E-state index in [9.17, 15) is 13.6 Å². The zero-order chi connectivity index (χ0) is 18.1. The highest BCUT2D eigenvalue weighted by Gasteiger charge is 2.47. The smallest absolute Gasteiger partial charge is 0.280 e. The third-order valence-corrected chi connectivity index (χ3v) is 4.81. The lowest BCUT2D eigenvalue weighted by Crippen LogP contribution is -2.60. The summed E-state index contributed by atoms with van der Waals surface area (Å²) in [5.41, 5.74) is 0.952. The van der Waals surface area contributed by atoms with Gasteiger partial charge in [-0.05, 0) is 31.2 Å². The van der Waals surface area contributed by atoms with Crippen molar-refractivity contribution in [2.24, 2.45) is 0 Å². The SMILES string of the molecule is O=C1c2cc(COc3ccccc3)nn2CCN1C1CCNCC1(F)F. The Morgan fingerprint density at radius 3 is 2.85 bits per heavy atom. The molecule has 1 unspecified atom stereocenters. The van der Waals surface area contributed by atoms with Gasteiger partial charge in [-0.15, -0.1) is 0 Å². The first kappa shape index (κ1) is 17.0. The molecule has 1 atom stereocenters. The Balaban J connectivity index is 1.49. The van der Waals surface area contributed by atoms with Crippen LogP contribution in [0.25, 0.3) is 0 Å². The van der Waals surface area contributed by atoms with Crippen LogP contribution in [0.15, 0.2) is 36.4 Å². The third kappa shape index (κ3) is 3.16. The second kappa shape index (κ2) is 6.68. The molecule has 26 heavy (non-hydrogen) atoms. The predicted molar refractivity (Wildman–Crippen MR) is 90.3 cm³/mol. The van der Waals surface area contributed by atoms with Crippen LogP contribution in [0.5, 0.6) is 5.75 Å². The van der Waals surface area contributed by atoms with Crippen molar-refractivity contribution in [2.45, 2.75) is 31.5 Å². The highest BCUT2D eigenvalue weighted by atomic mass is 19.3. The Bertz CT molecular complexity index is 794. The van der Waals surface area contributed by atoms with E-state index in [-0.39, 0.29) is 25.5 Å². The van der Waals surface area contributed by atoms with Gasteiger partial charge in [0.2, 0.25) is 0 Å². The second-order valence-corrected chi connectivity index (χ2v) is 6.59. The summed E-state index contributed by atoms with van der Waals surface area (Å²) in [6, 6.07) is 9.87. The Labute approximate surface area is 149 Å². The van der Waals surface area contributed by atoms with Crippen LogP contribution in [-0.4, -0.2) is 52.2 Å². The largest absolute Gasteiger partial charge is 0.487 e. The summed E-state index contributed by atoms with van der Waals surface area (Å²) in [7, 11) is 0. The number of amides is 1. The van der Waals surface area contributed by atoms with Gasteiger partial charge in [0.15, 0.2) is 0 Å². The number of halogens is 2. The molecular formula is C18H20F2N4O2. The number of nitrogens with zero attached hydrogens (tertiary/aromatic N) is 3. The third-order valence-electron chi connectivity index (χ3n) is 4.81. The molecule has 2 aliphatic heterocycles. The number of alkyl halides is 2. The first-order chi connectivity index (χ1) is 12.5. The van der Waals surface area contributed by atoms with Crippen LogP contribution in [0.4, 0.5) is 8.78 Å². The number of ether oxygens (including phenoxy) is 1. The normalized spacial score (nSPS) is 22.2. The second-order valence-electron chi connectivity index (χ2n) is 6.59. The molecule has 0 aliphatic carbocycles. The van der Waals surface area contributed by atoms with E-state index in [1.807, 2.05) is 30.3 Å². The van der Waals surface area contributed by atoms with Gasteiger partial charge in [0.05, 0.1) is 19.1 Å². The molecule has 1 aromatic heterocycles. The summed E-state index contributed by atoms with van der Waals surface area (Å²) in [6.07, 6.45) is 0.247. The molecule has 0 saturated carbocycles. The molecule has 1 N–H and O–H groups in total. The van der Waals surface area contributed by atoms with E-state index < -0.39 is 18.5 Å². The number of fused-ring (bicyclic) bond motifs is 1. The molecule has 2 aliphatic rings. The molecule has 1 amide bonds. The number of aromatic nitrogens is 2. The van der Waals surface area contributed by atoms with Crippen molar-refractivity contribution in [3.8, 4) is 5.75 Å². The zero-order valence-electron chi connectivity index (χ0n) is 14.2. The van der Waals surface area contributed by atoms with Crippen LogP contribution in [0, 0.1) is 0 Å². The summed E-state index contributed by atoms with van der Waals surface area (Å²) in [4.78, 5) is 14.1. The molecular weight excluding hydrogens is 342 g/mol. The molecule has 3 heterocycles. The summed E-state index contributed by atoms with van der Waals surface area (Å²) in [5, 5.41) is 7.07. The number of carbonyl (C=O) groups excluding carboxylic acids is 1. The van der Waals surface area contributed by atoms with Gasteiger partial charge in [-0.1, -0.05) is 18.2 Å². The number of hydrogen-bond donors (Lipinski definition) is 1. The van der Waals surface area contributed by atoms with Crippen LogP contribution in [0.3, 0.4) is 0 Å². The fourth-order valence-electron chi connectivity index (χ4n) is 3.51. The lowest BCUT2D eigenvalue weighted by molar-refractivity contribution is -0.0883. The molecule has 0 spiro atoms. The molecule has 4 rings (SSSR count). The average molecular weight is 362 g/mol. The monoisotopic (exact) mass is 362 g/mol. The maximum atomic E-state index is 14.2. The minimum absolute atomic E-state index is 0.223. The number of carbonyl (C=O) groups is 1. The van der Waals surface area contributed by atoms with Crippen molar-refractivity contribution in [3.63, 3.8) is 0 Å². The van der Waals surface area contributed by atoms with E-state index >= 15 is 0 Å². The maximum absolute atomic E-state index is 14.2. The molecule has 2 aromatic rings. The van der Waals surface area contributed by atoms with Gasteiger partial charge in [-0.25, -0.2) is 8.78 Å². The van der Waals surface area contributed by atoms with Gasteiger partial charge < -0.3 is 15.0 Å². The summed E-state index contributed by atoms with van der Waals surface area (Å²) < 4.78 is 35.7. The summed E-state index contributed by atoms with van der Waals surface area (Å²) >= 11 is 0. The van der Waals surface area contributed by atoms with E-state index in [0.717, 1.165) is 0 Å². The average Bonchev–Trinajstić information content (AvgIpc) is 3.06. The van der Waals surface area contributed by atoms with E-state index in [1.54, 1.807) is 10.7 Å². The van der Waals surface area contributed by atoms with Crippen LogP contribution in [0.2, 0.25) is 0 Å². The van der Waals surface area contributed by atoms with Crippen molar-refractivity contribution in [2.75, 3.05) is 19.6 Å².